The first-order valence-electron chi connectivity index (χ1n) is 9.36. The van der Waals surface area contributed by atoms with Crippen molar-refractivity contribution in [2.45, 2.75) is 37.1 Å². The fourth-order valence-electron chi connectivity index (χ4n) is 5.20. The van der Waals surface area contributed by atoms with Gasteiger partial charge in [0.25, 0.3) is 5.78 Å². The molecule has 5 rings (SSSR count). The molecule has 0 saturated carbocycles. The van der Waals surface area contributed by atoms with Crippen LogP contribution in [-0.2, 0) is 20.5 Å². The fourth-order valence-corrected chi connectivity index (χ4v) is 5.20. The van der Waals surface area contributed by atoms with Crippen LogP contribution in [0.4, 0.5) is 5.69 Å². The molecule has 0 bridgehead atoms. The van der Waals surface area contributed by atoms with Gasteiger partial charge >= 0.3 is 11.4 Å². The molecule has 3 aliphatic rings. The Labute approximate surface area is 161 Å². The number of anilines is 1. The van der Waals surface area contributed by atoms with E-state index in [-0.39, 0.29) is 5.56 Å². The van der Waals surface area contributed by atoms with E-state index in [9.17, 15) is 19.7 Å². The number of fused-ring (bicyclic) bond motifs is 3. The summed E-state index contributed by atoms with van der Waals surface area (Å²) in [5.41, 5.74) is -0.133. The lowest BCUT2D eigenvalue weighted by molar-refractivity contribution is -0.542. The van der Waals surface area contributed by atoms with Crippen molar-refractivity contribution in [3.8, 4) is 0 Å². The van der Waals surface area contributed by atoms with Gasteiger partial charge in [0, 0.05) is 27.2 Å². The van der Waals surface area contributed by atoms with Gasteiger partial charge in [-0.3, -0.25) is 24.6 Å². The molecule has 140 valence electrons. The minimum atomic E-state index is -2.43. The van der Waals surface area contributed by atoms with Crippen LogP contribution in [0.2, 0.25) is 0 Å². The summed E-state index contributed by atoms with van der Waals surface area (Å²) in [7, 11) is 0. The number of nitro groups is 1. The third-order valence-corrected chi connectivity index (χ3v) is 6.46. The summed E-state index contributed by atoms with van der Waals surface area (Å²) in [6, 6.07) is 15.4. The van der Waals surface area contributed by atoms with E-state index in [0.717, 1.165) is 18.4 Å². The quantitative estimate of drug-likeness (QED) is 0.458. The van der Waals surface area contributed by atoms with Gasteiger partial charge in [0.15, 0.2) is 0 Å². The van der Waals surface area contributed by atoms with E-state index >= 15 is 0 Å². The molecule has 2 aromatic carbocycles. The molecule has 0 aromatic heterocycles. The number of carbonyl (C=O) groups is 2. The number of carbonyl (C=O) groups excluding carboxylic acids is 2. The molecular formula is C22H18N2O4. The molecule has 0 fully saturated rings. The summed E-state index contributed by atoms with van der Waals surface area (Å²) in [5.74, 6) is -1.47. The van der Waals surface area contributed by atoms with Gasteiger partial charge in [-0.15, -0.1) is 0 Å². The molecule has 2 atom stereocenters. The lowest BCUT2D eigenvalue weighted by Crippen LogP contribution is -2.61. The van der Waals surface area contributed by atoms with Crippen molar-refractivity contribution in [2.75, 3.05) is 4.90 Å². The van der Waals surface area contributed by atoms with Gasteiger partial charge < -0.3 is 0 Å². The van der Waals surface area contributed by atoms with Crippen LogP contribution in [0.1, 0.15) is 37.3 Å². The van der Waals surface area contributed by atoms with Gasteiger partial charge in [-0.2, -0.15) is 0 Å². The molecular weight excluding hydrogens is 356 g/mol. The summed E-state index contributed by atoms with van der Waals surface area (Å²) >= 11 is 0. The minimum Gasteiger partial charge on any atom is -0.285 e. The Hall–Kier alpha value is -3.28. The molecule has 2 aliphatic heterocycles. The van der Waals surface area contributed by atoms with E-state index in [1.807, 2.05) is 31.2 Å². The fraction of sp³-hybridized carbons (Fsp3) is 0.273. The number of ketones is 1. The third-order valence-electron chi connectivity index (χ3n) is 6.46. The number of nitrogens with zero attached hydrogens (tertiary/aromatic N) is 2. The van der Waals surface area contributed by atoms with Gasteiger partial charge in [0.1, 0.15) is 0 Å². The molecule has 0 radical (unpaired) electrons. The topological polar surface area (TPSA) is 80.5 Å². The molecule has 28 heavy (non-hydrogen) atoms. The van der Waals surface area contributed by atoms with E-state index in [2.05, 4.69) is 0 Å². The monoisotopic (exact) mass is 374 g/mol. The second-order valence-corrected chi connectivity index (χ2v) is 7.83. The lowest BCUT2D eigenvalue weighted by Gasteiger charge is -2.41. The first kappa shape index (κ1) is 16.9. The van der Waals surface area contributed by atoms with Crippen molar-refractivity contribution in [3.05, 3.63) is 87.1 Å². The number of rotatable bonds is 2. The number of benzene rings is 2. The van der Waals surface area contributed by atoms with Crippen LogP contribution in [0.25, 0.3) is 0 Å². The Kier molecular flexibility index (Phi) is 3.24. The van der Waals surface area contributed by atoms with Gasteiger partial charge in [0.05, 0.1) is 5.69 Å². The van der Waals surface area contributed by atoms with Crippen molar-refractivity contribution < 1.29 is 14.5 Å². The maximum absolute atomic E-state index is 13.7. The van der Waals surface area contributed by atoms with Crippen LogP contribution in [0.5, 0.6) is 0 Å². The number of hydrogen-bond donors (Lipinski definition) is 0. The number of Topliss-reactive ketones (excluding diaryl/α,β-unsaturated/α-hetero) is 1. The van der Waals surface area contributed by atoms with E-state index < -0.39 is 27.6 Å². The van der Waals surface area contributed by atoms with Gasteiger partial charge in [-0.05, 0) is 37.8 Å². The van der Waals surface area contributed by atoms with Gasteiger partial charge in [-0.25, -0.2) is 0 Å². The predicted octanol–water partition coefficient (Wildman–Crippen LogP) is 3.48. The number of para-hydroxylation sites is 1. The highest BCUT2D eigenvalue weighted by molar-refractivity contribution is 6.26. The summed E-state index contributed by atoms with van der Waals surface area (Å²) in [4.78, 5) is 40.5. The molecule has 6 heteroatoms. The van der Waals surface area contributed by atoms with Crippen LogP contribution in [0, 0.1) is 10.1 Å². The van der Waals surface area contributed by atoms with Crippen LogP contribution < -0.4 is 4.90 Å². The van der Waals surface area contributed by atoms with Crippen molar-refractivity contribution in [3.63, 3.8) is 0 Å². The number of allylic oxidation sites excluding steroid dienone is 1. The summed E-state index contributed by atoms with van der Waals surface area (Å²) in [5, 5.41) is 12.4. The summed E-state index contributed by atoms with van der Waals surface area (Å²) in [6.45, 7) is 2.03. The average molecular weight is 374 g/mol. The largest absolute Gasteiger partial charge is 0.385 e. The highest BCUT2D eigenvalue weighted by atomic mass is 16.6. The third kappa shape index (κ3) is 1.73. The number of amides is 1. The highest BCUT2D eigenvalue weighted by Gasteiger charge is 2.69. The average Bonchev–Trinajstić information content (AvgIpc) is 2.97. The van der Waals surface area contributed by atoms with E-state index in [1.54, 1.807) is 18.2 Å². The minimum absolute atomic E-state index is 0.109. The standard InChI is InChI=1S/C22H18N2O4/c1-21-13-7-10-15-18(21)23(17-12-6-5-11-16(17)21)20(26)22(19(15)25,24(27)28)14-8-3-2-4-9-14/h2-6,8-9,11-12H,7,10,13H2,1H3. The zero-order valence-electron chi connectivity index (χ0n) is 15.3. The molecule has 0 N–H and O–H groups in total. The number of hydrogen-bond acceptors (Lipinski definition) is 4. The summed E-state index contributed by atoms with van der Waals surface area (Å²) < 4.78 is 0. The summed E-state index contributed by atoms with van der Waals surface area (Å²) in [6.07, 6.45) is 2.00. The SMILES string of the molecule is CC12CCCC3=C1N(C(=O)C(c1ccccc1)([N+](=O)[O-])C3=O)c1ccccc12. The molecule has 0 spiro atoms. The molecule has 2 unspecified atom stereocenters. The maximum Gasteiger partial charge on any atom is 0.385 e. The lowest BCUT2D eigenvalue weighted by atomic mass is 9.67. The van der Waals surface area contributed by atoms with Gasteiger partial charge in [-0.1, -0.05) is 48.5 Å². The van der Waals surface area contributed by atoms with Crippen molar-refractivity contribution in [2.24, 2.45) is 0 Å². The molecule has 6 nitrogen and oxygen atoms in total. The molecule has 0 saturated heterocycles. The Morgan fingerprint density at radius 3 is 2.43 bits per heavy atom. The first-order chi connectivity index (χ1) is 13.4. The van der Waals surface area contributed by atoms with E-state index in [0.29, 0.717) is 23.4 Å². The van der Waals surface area contributed by atoms with Crippen LogP contribution >= 0.6 is 0 Å². The zero-order chi connectivity index (χ0) is 19.7. The van der Waals surface area contributed by atoms with Crippen LogP contribution in [0.3, 0.4) is 0 Å². The van der Waals surface area contributed by atoms with Gasteiger partial charge in [0.2, 0.25) is 0 Å². The van der Waals surface area contributed by atoms with Crippen molar-refractivity contribution >= 4 is 17.4 Å². The second kappa shape index (κ2) is 5.38. The van der Waals surface area contributed by atoms with Crippen molar-refractivity contribution in [1.82, 2.24) is 0 Å². The van der Waals surface area contributed by atoms with E-state index in [4.69, 9.17) is 0 Å². The van der Waals surface area contributed by atoms with Crippen LogP contribution in [0.15, 0.2) is 65.9 Å². The predicted molar refractivity (Wildman–Crippen MR) is 102 cm³/mol. The molecule has 1 aliphatic carbocycles. The zero-order valence-corrected chi connectivity index (χ0v) is 15.3. The Balaban J connectivity index is 1.88. The van der Waals surface area contributed by atoms with Crippen molar-refractivity contribution in [1.29, 1.82) is 0 Å². The molecule has 2 heterocycles. The second-order valence-electron chi connectivity index (χ2n) is 7.83. The smallest absolute Gasteiger partial charge is 0.285 e. The Morgan fingerprint density at radius 2 is 1.71 bits per heavy atom. The molecule has 2 aromatic rings. The Bertz CT molecular complexity index is 1090. The van der Waals surface area contributed by atoms with E-state index in [1.165, 1.54) is 17.0 Å². The first-order valence-corrected chi connectivity index (χ1v) is 9.36. The Morgan fingerprint density at radius 1 is 1.04 bits per heavy atom. The maximum atomic E-state index is 13.7. The molecule has 1 amide bonds. The normalized spacial score (nSPS) is 28.2. The van der Waals surface area contributed by atoms with Crippen LogP contribution in [-0.4, -0.2) is 16.6 Å². The highest BCUT2D eigenvalue weighted by Crippen LogP contribution is 2.58.